The van der Waals surface area contributed by atoms with Crippen molar-refractivity contribution in [2.75, 3.05) is 30.3 Å². The van der Waals surface area contributed by atoms with Crippen LogP contribution in [-0.4, -0.2) is 25.6 Å². The van der Waals surface area contributed by atoms with E-state index < -0.39 is 0 Å². The summed E-state index contributed by atoms with van der Waals surface area (Å²) < 4.78 is 5.47. The zero-order valence-corrected chi connectivity index (χ0v) is 8.77. The van der Waals surface area contributed by atoms with E-state index in [1.165, 1.54) is 0 Å². The van der Waals surface area contributed by atoms with Gasteiger partial charge in [-0.3, -0.25) is 10.2 Å². The van der Waals surface area contributed by atoms with Gasteiger partial charge in [0.1, 0.15) is 12.4 Å². The fourth-order valence-corrected chi connectivity index (χ4v) is 1.68. The minimum Gasteiger partial charge on any atom is -0.489 e. The first-order valence-corrected chi connectivity index (χ1v) is 4.97. The lowest BCUT2D eigenvalue weighted by Crippen LogP contribution is -2.43. The van der Waals surface area contributed by atoms with Crippen molar-refractivity contribution in [3.05, 3.63) is 18.2 Å². The summed E-state index contributed by atoms with van der Waals surface area (Å²) in [6.45, 7) is 1.41. The highest BCUT2D eigenvalue weighted by molar-refractivity contribution is 5.82. The third-order valence-electron chi connectivity index (χ3n) is 2.44. The number of anilines is 2. The molecule has 0 radical (unpaired) electrons. The first-order chi connectivity index (χ1) is 7.70. The molecule has 0 bridgehead atoms. The molecule has 2 rings (SSSR count). The third-order valence-corrected chi connectivity index (χ3v) is 2.44. The van der Waals surface area contributed by atoms with Crippen molar-refractivity contribution >= 4 is 17.3 Å². The van der Waals surface area contributed by atoms with Crippen molar-refractivity contribution < 1.29 is 9.53 Å². The van der Waals surface area contributed by atoms with Crippen LogP contribution in [-0.2, 0) is 4.79 Å². The number of rotatable bonds is 2. The van der Waals surface area contributed by atoms with Gasteiger partial charge in [-0.25, -0.2) is 5.84 Å². The average Bonchev–Trinajstić information content (AvgIpc) is 2.28. The summed E-state index contributed by atoms with van der Waals surface area (Å²) in [5.74, 6) is 5.53. The van der Waals surface area contributed by atoms with E-state index in [2.05, 4.69) is 5.43 Å². The summed E-state index contributed by atoms with van der Waals surface area (Å²) in [6.07, 6.45) is 0. The zero-order chi connectivity index (χ0) is 11.5. The van der Waals surface area contributed by atoms with Gasteiger partial charge in [-0.2, -0.15) is 0 Å². The Labute approximate surface area is 93.1 Å². The van der Waals surface area contributed by atoms with Crippen molar-refractivity contribution in [3.8, 4) is 5.75 Å². The molecule has 0 fully saturated rings. The van der Waals surface area contributed by atoms with Crippen LogP contribution in [0.4, 0.5) is 11.4 Å². The molecule has 0 atom stereocenters. The third kappa shape index (κ3) is 2.01. The Balaban J connectivity index is 2.23. The second-order valence-electron chi connectivity index (χ2n) is 3.56. The minimum absolute atomic E-state index is 0.219. The van der Waals surface area contributed by atoms with Gasteiger partial charge in [-0.05, 0) is 12.1 Å². The molecule has 1 aliphatic heterocycles. The van der Waals surface area contributed by atoms with Gasteiger partial charge in [0.25, 0.3) is 5.91 Å². The smallest absolute Gasteiger partial charge is 0.253 e. The number of fused-ring (bicyclic) bond motifs is 1. The van der Waals surface area contributed by atoms with E-state index in [0.29, 0.717) is 24.6 Å². The Morgan fingerprint density at radius 2 is 2.38 bits per heavy atom. The highest BCUT2D eigenvalue weighted by Gasteiger charge is 2.19. The van der Waals surface area contributed by atoms with E-state index in [9.17, 15) is 4.79 Å². The number of amides is 1. The number of hydrazine groups is 1. The zero-order valence-electron chi connectivity index (χ0n) is 8.77. The number of hydrogen-bond acceptors (Lipinski definition) is 5. The monoisotopic (exact) mass is 222 g/mol. The molecule has 0 aromatic heterocycles. The predicted molar refractivity (Wildman–Crippen MR) is 60.9 cm³/mol. The molecule has 1 aliphatic rings. The van der Waals surface area contributed by atoms with E-state index in [1.807, 2.05) is 11.0 Å². The van der Waals surface area contributed by atoms with Gasteiger partial charge in [0.15, 0.2) is 0 Å². The van der Waals surface area contributed by atoms with Crippen LogP contribution in [0.25, 0.3) is 0 Å². The first-order valence-electron chi connectivity index (χ1n) is 4.97. The fraction of sp³-hybridized carbons (Fsp3) is 0.300. The second-order valence-corrected chi connectivity index (χ2v) is 3.56. The van der Waals surface area contributed by atoms with Crippen LogP contribution in [0, 0.1) is 0 Å². The normalized spacial score (nSPS) is 13.9. The Bertz CT molecular complexity index is 408. The first kappa shape index (κ1) is 10.6. The molecular weight excluding hydrogens is 208 g/mol. The van der Waals surface area contributed by atoms with Gasteiger partial charge in [-0.15, -0.1) is 0 Å². The van der Waals surface area contributed by atoms with Gasteiger partial charge >= 0.3 is 0 Å². The summed E-state index contributed by atoms with van der Waals surface area (Å²) in [7, 11) is 0. The highest BCUT2D eigenvalue weighted by Crippen LogP contribution is 2.32. The van der Waals surface area contributed by atoms with E-state index in [1.54, 1.807) is 12.1 Å². The molecular formula is C10H14N4O2. The number of carbonyl (C=O) groups is 1. The number of ether oxygens (including phenoxy) is 1. The van der Waals surface area contributed by atoms with Gasteiger partial charge in [0, 0.05) is 11.8 Å². The molecule has 1 heterocycles. The summed E-state index contributed by atoms with van der Waals surface area (Å²) in [4.78, 5) is 13.1. The summed E-state index contributed by atoms with van der Waals surface area (Å²) >= 11 is 0. The highest BCUT2D eigenvalue weighted by atomic mass is 16.5. The summed E-state index contributed by atoms with van der Waals surface area (Å²) in [5, 5.41) is 0. The molecule has 5 N–H and O–H groups in total. The van der Waals surface area contributed by atoms with Crippen LogP contribution < -0.4 is 26.6 Å². The van der Waals surface area contributed by atoms with Gasteiger partial charge < -0.3 is 15.4 Å². The predicted octanol–water partition coefficient (Wildman–Crippen LogP) is -0.542. The summed E-state index contributed by atoms with van der Waals surface area (Å²) in [5.41, 5.74) is 9.27. The SMILES string of the molecule is NNC(=O)CN1CCOc2cc(N)ccc21. The van der Waals surface area contributed by atoms with Crippen LogP contribution in [0.1, 0.15) is 0 Å². The molecule has 1 amide bonds. The van der Waals surface area contributed by atoms with Crippen molar-refractivity contribution in [1.82, 2.24) is 5.43 Å². The maximum absolute atomic E-state index is 11.2. The van der Waals surface area contributed by atoms with Crippen molar-refractivity contribution in [1.29, 1.82) is 0 Å². The molecule has 6 heteroatoms. The van der Waals surface area contributed by atoms with E-state index in [0.717, 1.165) is 5.69 Å². The van der Waals surface area contributed by atoms with Crippen molar-refractivity contribution in [3.63, 3.8) is 0 Å². The Hall–Kier alpha value is -1.95. The van der Waals surface area contributed by atoms with Crippen LogP contribution in [0.5, 0.6) is 5.75 Å². The molecule has 0 spiro atoms. The number of nitrogens with two attached hydrogens (primary N) is 2. The quantitative estimate of drug-likeness (QED) is 0.270. The number of hydrogen-bond donors (Lipinski definition) is 3. The van der Waals surface area contributed by atoms with Crippen LogP contribution >= 0.6 is 0 Å². The molecule has 1 aromatic rings. The minimum atomic E-state index is -0.232. The van der Waals surface area contributed by atoms with Gasteiger partial charge in [-0.1, -0.05) is 0 Å². The Morgan fingerprint density at radius 1 is 1.56 bits per heavy atom. The molecule has 86 valence electrons. The molecule has 6 nitrogen and oxygen atoms in total. The lowest BCUT2D eigenvalue weighted by Gasteiger charge is -2.30. The fourth-order valence-electron chi connectivity index (χ4n) is 1.68. The topological polar surface area (TPSA) is 93.6 Å². The molecule has 0 saturated heterocycles. The molecule has 0 aliphatic carbocycles. The summed E-state index contributed by atoms with van der Waals surface area (Å²) in [6, 6.07) is 5.37. The number of carbonyl (C=O) groups excluding carboxylic acids is 1. The lowest BCUT2D eigenvalue weighted by molar-refractivity contribution is -0.119. The Morgan fingerprint density at radius 3 is 3.12 bits per heavy atom. The average molecular weight is 222 g/mol. The second kappa shape index (κ2) is 4.28. The van der Waals surface area contributed by atoms with Crippen LogP contribution in [0.15, 0.2) is 18.2 Å². The number of nitrogens with zero attached hydrogens (tertiary/aromatic N) is 1. The van der Waals surface area contributed by atoms with E-state index in [-0.39, 0.29) is 12.5 Å². The number of nitrogens with one attached hydrogen (secondary N) is 1. The Kier molecular flexibility index (Phi) is 2.82. The largest absolute Gasteiger partial charge is 0.489 e. The van der Waals surface area contributed by atoms with Crippen LogP contribution in [0.2, 0.25) is 0 Å². The maximum Gasteiger partial charge on any atom is 0.253 e. The van der Waals surface area contributed by atoms with Crippen molar-refractivity contribution in [2.45, 2.75) is 0 Å². The number of nitrogen functional groups attached to an aromatic ring is 1. The standard InChI is InChI=1S/C10H14N4O2/c11-7-1-2-8-9(5-7)16-4-3-14(8)6-10(15)13-12/h1-2,5H,3-4,6,11-12H2,(H,13,15). The molecule has 16 heavy (non-hydrogen) atoms. The van der Waals surface area contributed by atoms with E-state index in [4.69, 9.17) is 16.3 Å². The van der Waals surface area contributed by atoms with Gasteiger partial charge in [0.2, 0.25) is 0 Å². The molecule has 0 unspecified atom stereocenters. The van der Waals surface area contributed by atoms with Crippen LogP contribution in [0.3, 0.4) is 0 Å². The molecule has 0 saturated carbocycles. The molecule has 1 aromatic carbocycles. The lowest BCUT2D eigenvalue weighted by atomic mass is 10.2. The van der Waals surface area contributed by atoms with Crippen molar-refractivity contribution in [2.24, 2.45) is 5.84 Å². The van der Waals surface area contributed by atoms with Gasteiger partial charge in [0.05, 0.1) is 18.8 Å². The number of benzene rings is 1. The maximum atomic E-state index is 11.2. The van der Waals surface area contributed by atoms with E-state index >= 15 is 0 Å².